The van der Waals surface area contributed by atoms with Crippen LogP contribution < -0.4 is 14.8 Å². The Kier molecular flexibility index (Phi) is 6.09. The number of ether oxygens (including phenoxy) is 3. The highest BCUT2D eigenvalue weighted by Gasteiger charge is 2.07. The fourth-order valence-corrected chi connectivity index (χ4v) is 1.42. The van der Waals surface area contributed by atoms with Gasteiger partial charge in [0.1, 0.15) is 11.5 Å². The summed E-state index contributed by atoms with van der Waals surface area (Å²) in [5.74, 6) is 0.0315. The van der Waals surface area contributed by atoms with Crippen LogP contribution in [0.15, 0.2) is 30.4 Å². The molecule has 1 rings (SSSR count). The van der Waals surface area contributed by atoms with Gasteiger partial charge in [0.2, 0.25) is 5.91 Å². The van der Waals surface area contributed by atoms with Gasteiger partial charge in [0, 0.05) is 18.2 Å². The first kappa shape index (κ1) is 15.6. The third kappa shape index (κ3) is 4.64. The molecule has 0 spiro atoms. The Morgan fingerprint density at radius 1 is 1.20 bits per heavy atom. The maximum atomic E-state index is 11.7. The van der Waals surface area contributed by atoms with E-state index in [9.17, 15) is 9.59 Å². The van der Waals surface area contributed by atoms with Crippen molar-refractivity contribution in [3.63, 3.8) is 0 Å². The molecule has 20 heavy (non-hydrogen) atoms. The van der Waals surface area contributed by atoms with Gasteiger partial charge >= 0.3 is 5.97 Å². The van der Waals surface area contributed by atoms with Crippen LogP contribution in [0.2, 0.25) is 0 Å². The zero-order valence-corrected chi connectivity index (χ0v) is 11.6. The molecule has 108 valence electrons. The summed E-state index contributed by atoms with van der Waals surface area (Å²) in [4.78, 5) is 22.8. The maximum absolute atomic E-state index is 11.7. The summed E-state index contributed by atoms with van der Waals surface area (Å²) in [6, 6.07) is 5.00. The van der Waals surface area contributed by atoms with Gasteiger partial charge < -0.3 is 19.5 Å². The molecule has 0 aliphatic carbocycles. The van der Waals surface area contributed by atoms with E-state index < -0.39 is 11.9 Å². The smallest absolute Gasteiger partial charge is 0.330 e. The Labute approximate surface area is 117 Å². The average Bonchev–Trinajstić information content (AvgIpc) is 2.45. The van der Waals surface area contributed by atoms with Crippen LogP contribution >= 0.6 is 0 Å². The van der Waals surface area contributed by atoms with Crippen LogP contribution in [-0.2, 0) is 14.3 Å². The number of esters is 1. The second kappa shape index (κ2) is 7.83. The second-order valence-electron chi connectivity index (χ2n) is 3.64. The topological polar surface area (TPSA) is 73.9 Å². The van der Waals surface area contributed by atoms with Crippen LogP contribution in [0.1, 0.15) is 6.92 Å². The number of carbonyl (C=O) groups excluding carboxylic acids is 2. The summed E-state index contributed by atoms with van der Waals surface area (Å²) in [6.07, 6.45) is 2.16. The van der Waals surface area contributed by atoms with E-state index >= 15 is 0 Å². The largest absolute Gasteiger partial charge is 0.497 e. The van der Waals surface area contributed by atoms with E-state index in [0.717, 1.165) is 12.2 Å². The monoisotopic (exact) mass is 279 g/mol. The van der Waals surface area contributed by atoms with Crippen molar-refractivity contribution in [2.45, 2.75) is 6.92 Å². The molecule has 0 fully saturated rings. The van der Waals surface area contributed by atoms with Crippen molar-refractivity contribution in [1.29, 1.82) is 0 Å². The minimum absolute atomic E-state index is 0.258. The van der Waals surface area contributed by atoms with Gasteiger partial charge in [-0.1, -0.05) is 0 Å². The van der Waals surface area contributed by atoms with Crippen LogP contribution in [0.3, 0.4) is 0 Å². The molecule has 1 amide bonds. The van der Waals surface area contributed by atoms with E-state index in [1.54, 1.807) is 25.1 Å². The molecule has 0 saturated carbocycles. The molecule has 6 heteroatoms. The van der Waals surface area contributed by atoms with Crippen LogP contribution in [0.5, 0.6) is 11.5 Å². The molecule has 0 saturated heterocycles. The van der Waals surface area contributed by atoms with E-state index in [2.05, 4.69) is 10.1 Å². The van der Waals surface area contributed by atoms with E-state index in [1.807, 2.05) is 0 Å². The quantitative estimate of drug-likeness (QED) is 0.634. The number of anilines is 1. The van der Waals surface area contributed by atoms with Crippen LogP contribution in [0.4, 0.5) is 5.69 Å². The summed E-state index contributed by atoms with van der Waals surface area (Å²) in [7, 11) is 3.01. The molecular formula is C14H17NO5. The minimum atomic E-state index is -0.569. The lowest BCUT2D eigenvalue weighted by molar-refractivity contribution is -0.137. The number of hydrogen-bond acceptors (Lipinski definition) is 5. The Morgan fingerprint density at radius 2 is 1.95 bits per heavy atom. The lowest BCUT2D eigenvalue weighted by Gasteiger charge is -2.10. The molecular weight excluding hydrogens is 262 g/mol. The summed E-state index contributed by atoms with van der Waals surface area (Å²) in [5, 5.41) is 2.60. The third-order valence-corrected chi connectivity index (χ3v) is 2.32. The lowest BCUT2D eigenvalue weighted by atomic mass is 10.2. The molecule has 0 bridgehead atoms. The van der Waals surface area contributed by atoms with Gasteiger partial charge in [0.25, 0.3) is 0 Å². The number of amides is 1. The fraction of sp³-hybridized carbons (Fsp3) is 0.286. The van der Waals surface area contributed by atoms with Crippen molar-refractivity contribution in [3.8, 4) is 11.5 Å². The van der Waals surface area contributed by atoms with Crippen molar-refractivity contribution >= 4 is 17.6 Å². The van der Waals surface area contributed by atoms with E-state index in [0.29, 0.717) is 17.2 Å². The van der Waals surface area contributed by atoms with Gasteiger partial charge in [-0.3, -0.25) is 4.79 Å². The highest BCUT2D eigenvalue weighted by molar-refractivity contribution is 6.03. The molecule has 1 N–H and O–H groups in total. The van der Waals surface area contributed by atoms with Crippen molar-refractivity contribution in [2.24, 2.45) is 0 Å². The van der Waals surface area contributed by atoms with Gasteiger partial charge in [0.15, 0.2) is 0 Å². The predicted molar refractivity (Wildman–Crippen MR) is 73.9 cm³/mol. The van der Waals surface area contributed by atoms with Crippen molar-refractivity contribution in [3.05, 3.63) is 30.4 Å². The number of nitrogens with one attached hydrogen (secondary N) is 1. The molecule has 6 nitrogen and oxygen atoms in total. The van der Waals surface area contributed by atoms with Crippen molar-refractivity contribution in [1.82, 2.24) is 0 Å². The number of benzene rings is 1. The van der Waals surface area contributed by atoms with Crippen LogP contribution in [0.25, 0.3) is 0 Å². The number of carbonyl (C=O) groups is 2. The molecule has 0 aliphatic heterocycles. The molecule has 1 aromatic rings. The van der Waals surface area contributed by atoms with E-state index in [-0.39, 0.29) is 6.61 Å². The maximum Gasteiger partial charge on any atom is 0.330 e. The Bertz CT molecular complexity index is 510. The Balaban J connectivity index is 2.76. The normalized spacial score (nSPS) is 10.2. The minimum Gasteiger partial charge on any atom is -0.497 e. The highest BCUT2D eigenvalue weighted by atomic mass is 16.5. The zero-order chi connectivity index (χ0) is 15.0. The standard InChI is InChI=1S/C14H17NO5/c1-4-20-14(17)8-7-13(16)15-11-9-10(18-2)5-6-12(11)19-3/h5-9H,4H2,1-3H3,(H,15,16)/b8-7+. The first-order chi connectivity index (χ1) is 9.60. The molecule has 0 radical (unpaired) electrons. The number of rotatable bonds is 6. The van der Waals surface area contributed by atoms with Gasteiger partial charge in [0.05, 0.1) is 26.5 Å². The van der Waals surface area contributed by atoms with Gasteiger partial charge in [-0.05, 0) is 19.1 Å². The number of methoxy groups -OCH3 is 2. The number of hydrogen-bond donors (Lipinski definition) is 1. The first-order valence-electron chi connectivity index (χ1n) is 5.98. The van der Waals surface area contributed by atoms with Crippen LogP contribution in [-0.4, -0.2) is 32.7 Å². The van der Waals surface area contributed by atoms with Crippen molar-refractivity contribution in [2.75, 3.05) is 26.1 Å². The average molecular weight is 279 g/mol. The van der Waals surface area contributed by atoms with Gasteiger partial charge in [-0.2, -0.15) is 0 Å². The molecule has 0 aliphatic rings. The molecule has 1 aromatic carbocycles. The van der Waals surface area contributed by atoms with Crippen LogP contribution in [0, 0.1) is 0 Å². The highest BCUT2D eigenvalue weighted by Crippen LogP contribution is 2.28. The van der Waals surface area contributed by atoms with Gasteiger partial charge in [-0.15, -0.1) is 0 Å². The molecule has 0 aromatic heterocycles. The van der Waals surface area contributed by atoms with E-state index in [4.69, 9.17) is 9.47 Å². The molecule has 0 unspecified atom stereocenters. The fourth-order valence-electron chi connectivity index (χ4n) is 1.42. The zero-order valence-electron chi connectivity index (χ0n) is 11.6. The van der Waals surface area contributed by atoms with Gasteiger partial charge in [-0.25, -0.2) is 4.79 Å². The first-order valence-corrected chi connectivity index (χ1v) is 5.98. The molecule has 0 heterocycles. The predicted octanol–water partition coefficient (Wildman–Crippen LogP) is 1.76. The SMILES string of the molecule is CCOC(=O)/C=C/C(=O)Nc1cc(OC)ccc1OC. The lowest BCUT2D eigenvalue weighted by Crippen LogP contribution is -2.10. The third-order valence-electron chi connectivity index (χ3n) is 2.32. The van der Waals surface area contributed by atoms with E-state index in [1.165, 1.54) is 14.2 Å². The Hall–Kier alpha value is -2.50. The summed E-state index contributed by atoms with van der Waals surface area (Å²) in [5.41, 5.74) is 0.449. The van der Waals surface area contributed by atoms with Crippen molar-refractivity contribution < 1.29 is 23.8 Å². The summed E-state index contributed by atoms with van der Waals surface area (Å²) >= 11 is 0. The Morgan fingerprint density at radius 3 is 2.55 bits per heavy atom. The summed E-state index contributed by atoms with van der Waals surface area (Å²) in [6.45, 7) is 1.95. The second-order valence-corrected chi connectivity index (χ2v) is 3.64. The summed E-state index contributed by atoms with van der Waals surface area (Å²) < 4.78 is 14.9. The molecule has 0 atom stereocenters.